The van der Waals surface area contributed by atoms with Crippen molar-refractivity contribution < 1.29 is 4.39 Å². The van der Waals surface area contributed by atoms with E-state index in [2.05, 4.69) is 24.1 Å². The number of rotatable bonds is 4. The van der Waals surface area contributed by atoms with Gasteiger partial charge in [0.2, 0.25) is 0 Å². The summed E-state index contributed by atoms with van der Waals surface area (Å²) in [7, 11) is 0. The lowest BCUT2D eigenvalue weighted by molar-refractivity contribution is 0.582. The third kappa shape index (κ3) is 3.61. The van der Waals surface area contributed by atoms with Gasteiger partial charge in [-0.05, 0) is 24.6 Å². The molecule has 1 heterocycles. The van der Waals surface area contributed by atoms with Crippen LogP contribution in [0.2, 0.25) is 0 Å². The maximum Gasteiger partial charge on any atom is 0.131 e. The van der Waals surface area contributed by atoms with Crippen LogP contribution in [0.25, 0.3) is 11.1 Å². The third-order valence-electron chi connectivity index (χ3n) is 2.97. The van der Waals surface area contributed by atoms with Gasteiger partial charge < -0.3 is 5.32 Å². The molecule has 0 spiro atoms. The Hall–Kier alpha value is -1.74. The molecule has 3 heteroatoms. The second-order valence-corrected chi connectivity index (χ2v) is 5.04. The molecule has 19 heavy (non-hydrogen) atoms. The van der Waals surface area contributed by atoms with Gasteiger partial charge >= 0.3 is 0 Å². The summed E-state index contributed by atoms with van der Waals surface area (Å²) in [4.78, 5) is 4.20. The standard InChI is InChI=1S/C16H19FN2/c1-11(2)18-9-13-5-7-15(16(17)8-13)14-6-4-12(3)19-10-14/h4-8,10-11,18H,9H2,1-3H3. The molecule has 0 saturated carbocycles. The Balaban J connectivity index is 2.21. The first kappa shape index (κ1) is 13.7. The fourth-order valence-electron chi connectivity index (χ4n) is 1.85. The molecule has 0 atom stereocenters. The zero-order valence-electron chi connectivity index (χ0n) is 11.6. The number of hydrogen-bond acceptors (Lipinski definition) is 2. The predicted molar refractivity (Wildman–Crippen MR) is 76.3 cm³/mol. The van der Waals surface area contributed by atoms with E-state index in [1.54, 1.807) is 12.3 Å². The molecular formula is C16H19FN2. The quantitative estimate of drug-likeness (QED) is 0.904. The molecule has 1 N–H and O–H groups in total. The molecule has 2 nitrogen and oxygen atoms in total. The Kier molecular flexibility index (Phi) is 4.27. The Bertz CT molecular complexity index is 547. The number of halogens is 1. The van der Waals surface area contributed by atoms with E-state index in [-0.39, 0.29) is 5.82 Å². The van der Waals surface area contributed by atoms with Gasteiger partial charge in [0.1, 0.15) is 5.82 Å². The zero-order valence-corrected chi connectivity index (χ0v) is 11.6. The van der Waals surface area contributed by atoms with Crippen LogP contribution in [0.3, 0.4) is 0 Å². The van der Waals surface area contributed by atoms with Crippen molar-refractivity contribution in [2.75, 3.05) is 0 Å². The zero-order chi connectivity index (χ0) is 13.8. The van der Waals surface area contributed by atoms with Gasteiger partial charge in [0.15, 0.2) is 0 Å². The molecule has 0 unspecified atom stereocenters. The lowest BCUT2D eigenvalue weighted by Gasteiger charge is -2.10. The highest BCUT2D eigenvalue weighted by Crippen LogP contribution is 2.23. The highest BCUT2D eigenvalue weighted by atomic mass is 19.1. The van der Waals surface area contributed by atoms with Crippen LogP contribution in [-0.2, 0) is 6.54 Å². The molecule has 0 aliphatic rings. The minimum absolute atomic E-state index is 0.200. The molecule has 1 aromatic heterocycles. The fourth-order valence-corrected chi connectivity index (χ4v) is 1.85. The molecule has 0 amide bonds. The van der Waals surface area contributed by atoms with Gasteiger partial charge in [0.25, 0.3) is 0 Å². The molecule has 0 saturated heterocycles. The Morgan fingerprint density at radius 3 is 2.58 bits per heavy atom. The number of hydrogen-bond donors (Lipinski definition) is 1. The molecule has 2 rings (SSSR count). The van der Waals surface area contributed by atoms with Gasteiger partial charge in [-0.3, -0.25) is 4.98 Å². The number of aromatic nitrogens is 1. The molecule has 0 fully saturated rings. The van der Waals surface area contributed by atoms with Crippen LogP contribution < -0.4 is 5.32 Å². The van der Waals surface area contributed by atoms with Crippen molar-refractivity contribution >= 4 is 0 Å². The Morgan fingerprint density at radius 2 is 2.00 bits per heavy atom. The highest BCUT2D eigenvalue weighted by Gasteiger charge is 2.06. The first-order valence-corrected chi connectivity index (χ1v) is 6.51. The molecule has 0 bridgehead atoms. The summed E-state index contributed by atoms with van der Waals surface area (Å²) < 4.78 is 14.1. The van der Waals surface area contributed by atoms with Crippen LogP contribution in [0.15, 0.2) is 36.5 Å². The van der Waals surface area contributed by atoms with Crippen molar-refractivity contribution in [2.24, 2.45) is 0 Å². The maximum atomic E-state index is 14.1. The number of pyridine rings is 1. The molecule has 0 aliphatic carbocycles. The largest absolute Gasteiger partial charge is 0.310 e. The minimum atomic E-state index is -0.200. The van der Waals surface area contributed by atoms with Crippen LogP contribution in [0.1, 0.15) is 25.1 Å². The van der Waals surface area contributed by atoms with Gasteiger partial charge in [-0.15, -0.1) is 0 Å². The first-order valence-electron chi connectivity index (χ1n) is 6.51. The lowest BCUT2D eigenvalue weighted by atomic mass is 10.0. The van der Waals surface area contributed by atoms with Crippen LogP contribution in [0, 0.1) is 12.7 Å². The van der Waals surface area contributed by atoms with Crippen LogP contribution in [-0.4, -0.2) is 11.0 Å². The van der Waals surface area contributed by atoms with Gasteiger partial charge in [-0.2, -0.15) is 0 Å². The summed E-state index contributed by atoms with van der Waals surface area (Å²) in [5.41, 5.74) is 3.30. The van der Waals surface area contributed by atoms with Crippen LogP contribution >= 0.6 is 0 Å². The molecule has 1 aromatic carbocycles. The average molecular weight is 258 g/mol. The van der Waals surface area contributed by atoms with E-state index in [0.717, 1.165) is 16.8 Å². The summed E-state index contributed by atoms with van der Waals surface area (Å²) in [6.45, 7) is 6.74. The fraction of sp³-hybridized carbons (Fsp3) is 0.312. The summed E-state index contributed by atoms with van der Waals surface area (Å²) in [5.74, 6) is -0.200. The minimum Gasteiger partial charge on any atom is -0.310 e. The van der Waals surface area contributed by atoms with Gasteiger partial charge in [0, 0.05) is 35.6 Å². The summed E-state index contributed by atoms with van der Waals surface area (Å²) in [5, 5.41) is 3.28. The SMILES string of the molecule is Cc1ccc(-c2ccc(CNC(C)C)cc2F)cn1. The van der Waals surface area contributed by atoms with Crippen molar-refractivity contribution in [3.05, 3.63) is 53.6 Å². The second-order valence-electron chi connectivity index (χ2n) is 5.04. The van der Waals surface area contributed by atoms with Crippen molar-refractivity contribution in [1.29, 1.82) is 0 Å². The van der Waals surface area contributed by atoms with E-state index < -0.39 is 0 Å². The number of aryl methyl sites for hydroxylation is 1. The van der Waals surface area contributed by atoms with Gasteiger partial charge in [0.05, 0.1) is 0 Å². The molecule has 100 valence electrons. The Labute approximate surface area is 113 Å². The highest BCUT2D eigenvalue weighted by molar-refractivity contribution is 5.63. The van der Waals surface area contributed by atoms with E-state index in [1.807, 2.05) is 31.2 Å². The lowest BCUT2D eigenvalue weighted by Crippen LogP contribution is -2.21. The second kappa shape index (κ2) is 5.93. The van der Waals surface area contributed by atoms with Crippen LogP contribution in [0.4, 0.5) is 4.39 Å². The van der Waals surface area contributed by atoms with E-state index in [0.29, 0.717) is 18.2 Å². The average Bonchev–Trinajstić information content (AvgIpc) is 2.38. The van der Waals surface area contributed by atoms with Crippen molar-refractivity contribution in [2.45, 2.75) is 33.4 Å². The molecule has 0 aliphatic heterocycles. The molecular weight excluding hydrogens is 239 g/mol. The van der Waals surface area contributed by atoms with Crippen LogP contribution in [0.5, 0.6) is 0 Å². The van der Waals surface area contributed by atoms with Crippen molar-refractivity contribution in [3.63, 3.8) is 0 Å². The summed E-state index contributed by atoms with van der Waals surface area (Å²) in [6.07, 6.45) is 1.71. The van der Waals surface area contributed by atoms with E-state index in [9.17, 15) is 4.39 Å². The number of nitrogens with zero attached hydrogens (tertiary/aromatic N) is 1. The van der Waals surface area contributed by atoms with Gasteiger partial charge in [-0.25, -0.2) is 4.39 Å². The smallest absolute Gasteiger partial charge is 0.131 e. The van der Waals surface area contributed by atoms with Gasteiger partial charge in [-0.1, -0.05) is 32.0 Å². The first-order chi connectivity index (χ1) is 9.06. The van der Waals surface area contributed by atoms with E-state index in [4.69, 9.17) is 0 Å². The molecule has 2 aromatic rings. The number of nitrogens with one attached hydrogen (secondary N) is 1. The van der Waals surface area contributed by atoms with E-state index in [1.165, 1.54) is 0 Å². The van der Waals surface area contributed by atoms with Crippen molar-refractivity contribution in [3.8, 4) is 11.1 Å². The molecule has 0 radical (unpaired) electrons. The maximum absolute atomic E-state index is 14.1. The topological polar surface area (TPSA) is 24.9 Å². The normalized spacial score (nSPS) is 11.0. The summed E-state index contributed by atoms with van der Waals surface area (Å²) >= 11 is 0. The summed E-state index contributed by atoms with van der Waals surface area (Å²) in [6, 6.07) is 9.54. The third-order valence-corrected chi connectivity index (χ3v) is 2.97. The predicted octanol–water partition coefficient (Wildman–Crippen LogP) is 3.69. The van der Waals surface area contributed by atoms with E-state index >= 15 is 0 Å². The number of benzene rings is 1. The van der Waals surface area contributed by atoms with Crippen molar-refractivity contribution in [1.82, 2.24) is 10.3 Å². The Morgan fingerprint density at radius 1 is 1.21 bits per heavy atom. The monoisotopic (exact) mass is 258 g/mol.